The summed E-state index contributed by atoms with van der Waals surface area (Å²) in [6, 6.07) is 1.71. The second kappa shape index (κ2) is 3.62. The van der Waals surface area contributed by atoms with Crippen molar-refractivity contribution in [2.24, 2.45) is 0 Å². The van der Waals surface area contributed by atoms with E-state index in [4.69, 9.17) is 10.00 Å². The molecule has 0 saturated carbocycles. The lowest BCUT2D eigenvalue weighted by Gasteiger charge is -2.00. The molecule has 1 aliphatic rings. The highest BCUT2D eigenvalue weighted by Crippen LogP contribution is 2.07. The average Bonchev–Trinajstić information content (AvgIpc) is 2.58. The number of carbonyl (C=O) groups is 1. The molecule has 1 heterocycles. The van der Waals surface area contributed by atoms with Gasteiger partial charge in [-0.2, -0.15) is 5.26 Å². The quantitative estimate of drug-likeness (QED) is 0.325. The van der Waals surface area contributed by atoms with Crippen LogP contribution in [0.5, 0.6) is 0 Å². The van der Waals surface area contributed by atoms with E-state index >= 15 is 0 Å². The predicted molar refractivity (Wildman–Crippen MR) is 38.6 cm³/mol. The molecule has 5 heteroatoms. The van der Waals surface area contributed by atoms with Crippen LogP contribution in [0, 0.1) is 11.3 Å². The molecule has 0 amide bonds. The van der Waals surface area contributed by atoms with Crippen LogP contribution in [0.15, 0.2) is 11.5 Å². The molecule has 0 aliphatic carbocycles. The van der Waals surface area contributed by atoms with Gasteiger partial charge in [0.15, 0.2) is 5.57 Å². The Morgan fingerprint density at radius 2 is 2.58 bits per heavy atom. The molecule has 12 heavy (non-hydrogen) atoms. The van der Waals surface area contributed by atoms with Gasteiger partial charge in [0.25, 0.3) is 0 Å². The number of nitrogens with one attached hydrogen (secondary N) is 1. The van der Waals surface area contributed by atoms with Gasteiger partial charge in [-0.25, -0.2) is 4.79 Å². The van der Waals surface area contributed by atoms with E-state index in [-0.39, 0.29) is 11.5 Å². The molecule has 1 rings (SSSR count). The van der Waals surface area contributed by atoms with E-state index in [1.165, 1.54) is 7.11 Å². The molecule has 0 bridgehead atoms. The second-order valence-corrected chi connectivity index (χ2v) is 2.08. The number of carbonyl (C=O) groups excluding carboxylic acids is 1. The molecular weight excluding hydrogens is 160 g/mol. The van der Waals surface area contributed by atoms with Crippen molar-refractivity contribution in [3.05, 3.63) is 11.5 Å². The molecule has 0 aromatic heterocycles. The summed E-state index contributed by atoms with van der Waals surface area (Å²) in [6.07, 6.45) is 0. The molecule has 0 radical (unpaired) electrons. The van der Waals surface area contributed by atoms with Gasteiger partial charge in [0.2, 0.25) is 5.88 Å². The van der Waals surface area contributed by atoms with Crippen LogP contribution in [0.2, 0.25) is 0 Å². The number of ether oxygens (including phenoxy) is 2. The molecule has 0 aromatic carbocycles. The van der Waals surface area contributed by atoms with Gasteiger partial charge >= 0.3 is 5.97 Å². The fraction of sp³-hybridized carbons (Fsp3) is 0.429. The van der Waals surface area contributed by atoms with Crippen molar-refractivity contribution in [1.29, 1.82) is 5.26 Å². The lowest BCUT2D eigenvalue weighted by molar-refractivity contribution is -0.135. The first-order valence-corrected chi connectivity index (χ1v) is 3.39. The predicted octanol–water partition coefficient (Wildman–Crippen LogP) is -0.486. The number of methoxy groups -OCH3 is 1. The maximum absolute atomic E-state index is 10.9. The monoisotopic (exact) mass is 168 g/mol. The number of hydrogen-bond donors (Lipinski definition) is 1. The van der Waals surface area contributed by atoms with Crippen LogP contribution in [-0.4, -0.2) is 26.2 Å². The Morgan fingerprint density at radius 3 is 3.00 bits per heavy atom. The van der Waals surface area contributed by atoms with Gasteiger partial charge in [-0.3, -0.25) is 0 Å². The Morgan fingerprint density at radius 1 is 1.83 bits per heavy atom. The molecule has 1 aliphatic heterocycles. The van der Waals surface area contributed by atoms with Crippen LogP contribution < -0.4 is 5.32 Å². The Labute approximate surface area is 69.6 Å². The van der Waals surface area contributed by atoms with Crippen molar-refractivity contribution in [3.63, 3.8) is 0 Å². The third kappa shape index (κ3) is 1.48. The van der Waals surface area contributed by atoms with Crippen molar-refractivity contribution in [2.45, 2.75) is 0 Å². The molecule has 64 valence electrons. The maximum atomic E-state index is 10.9. The van der Waals surface area contributed by atoms with E-state index in [0.29, 0.717) is 13.2 Å². The Bertz CT molecular complexity index is 256. The summed E-state index contributed by atoms with van der Waals surface area (Å²) in [6.45, 7) is 1.08. The summed E-state index contributed by atoms with van der Waals surface area (Å²) < 4.78 is 9.35. The van der Waals surface area contributed by atoms with Gasteiger partial charge in [0.1, 0.15) is 12.7 Å². The zero-order valence-electron chi connectivity index (χ0n) is 6.59. The molecule has 5 nitrogen and oxygen atoms in total. The standard InChI is InChI=1S/C7H8N2O3/c1-11-7(10)5(4-8)6-9-2-3-12-6/h9H,2-3H2,1H3. The highest BCUT2D eigenvalue weighted by atomic mass is 16.5. The largest absolute Gasteiger partial charge is 0.476 e. The van der Waals surface area contributed by atoms with Gasteiger partial charge in [0.05, 0.1) is 13.7 Å². The molecule has 1 N–H and O–H groups in total. The van der Waals surface area contributed by atoms with Crippen LogP contribution >= 0.6 is 0 Å². The van der Waals surface area contributed by atoms with Crippen LogP contribution in [0.25, 0.3) is 0 Å². The number of rotatable bonds is 1. The molecule has 1 saturated heterocycles. The first kappa shape index (κ1) is 8.40. The summed E-state index contributed by atoms with van der Waals surface area (Å²) in [4.78, 5) is 10.9. The maximum Gasteiger partial charge on any atom is 0.354 e. The number of nitrogens with zero attached hydrogens (tertiary/aromatic N) is 1. The average molecular weight is 168 g/mol. The summed E-state index contributed by atoms with van der Waals surface area (Å²) in [5.41, 5.74) is -0.116. The SMILES string of the molecule is COC(=O)C(C#N)=C1NCCO1. The summed E-state index contributed by atoms with van der Waals surface area (Å²) in [5, 5.41) is 11.3. The summed E-state index contributed by atoms with van der Waals surface area (Å²) >= 11 is 0. The zero-order valence-corrected chi connectivity index (χ0v) is 6.59. The number of esters is 1. The lowest BCUT2D eigenvalue weighted by atomic mass is 10.3. The van der Waals surface area contributed by atoms with Crippen molar-refractivity contribution in [3.8, 4) is 6.07 Å². The number of hydrogen-bond acceptors (Lipinski definition) is 5. The van der Waals surface area contributed by atoms with Crippen LogP contribution in [-0.2, 0) is 14.3 Å². The van der Waals surface area contributed by atoms with Crippen LogP contribution in [0.1, 0.15) is 0 Å². The molecule has 0 spiro atoms. The fourth-order valence-electron chi connectivity index (χ4n) is 0.820. The van der Waals surface area contributed by atoms with Gasteiger partial charge in [-0.05, 0) is 0 Å². The first-order chi connectivity index (χ1) is 5.79. The first-order valence-electron chi connectivity index (χ1n) is 3.39. The van der Waals surface area contributed by atoms with E-state index < -0.39 is 5.97 Å². The summed E-state index contributed by atoms with van der Waals surface area (Å²) in [7, 11) is 1.22. The van der Waals surface area contributed by atoms with Crippen LogP contribution in [0.4, 0.5) is 0 Å². The third-order valence-electron chi connectivity index (χ3n) is 1.36. The van der Waals surface area contributed by atoms with E-state index in [1.54, 1.807) is 6.07 Å². The zero-order chi connectivity index (χ0) is 8.97. The second-order valence-electron chi connectivity index (χ2n) is 2.08. The minimum atomic E-state index is -0.679. The molecule has 0 aromatic rings. The van der Waals surface area contributed by atoms with E-state index in [9.17, 15) is 4.79 Å². The van der Waals surface area contributed by atoms with Gasteiger partial charge < -0.3 is 14.8 Å². The Kier molecular flexibility index (Phi) is 2.53. The molecular formula is C7H8N2O3. The molecule has 0 unspecified atom stereocenters. The topological polar surface area (TPSA) is 71.4 Å². The van der Waals surface area contributed by atoms with E-state index in [1.807, 2.05) is 0 Å². The highest BCUT2D eigenvalue weighted by Gasteiger charge is 2.20. The molecule has 1 fully saturated rings. The minimum absolute atomic E-state index is 0.116. The minimum Gasteiger partial charge on any atom is -0.476 e. The van der Waals surface area contributed by atoms with Crippen LogP contribution in [0.3, 0.4) is 0 Å². The van der Waals surface area contributed by atoms with Gasteiger partial charge in [-0.1, -0.05) is 0 Å². The van der Waals surface area contributed by atoms with Gasteiger partial charge in [0, 0.05) is 0 Å². The van der Waals surface area contributed by atoms with E-state index in [2.05, 4.69) is 10.1 Å². The fourth-order valence-corrected chi connectivity index (χ4v) is 0.820. The van der Waals surface area contributed by atoms with Gasteiger partial charge in [-0.15, -0.1) is 0 Å². The van der Waals surface area contributed by atoms with Crippen molar-refractivity contribution in [2.75, 3.05) is 20.3 Å². The number of nitriles is 1. The van der Waals surface area contributed by atoms with Crippen molar-refractivity contribution < 1.29 is 14.3 Å². The molecule has 0 atom stereocenters. The normalized spacial score (nSPS) is 18.7. The third-order valence-corrected chi connectivity index (χ3v) is 1.36. The van der Waals surface area contributed by atoms with Crippen molar-refractivity contribution >= 4 is 5.97 Å². The Balaban J connectivity index is 2.86. The van der Waals surface area contributed by atoms with E-state index in [0.717, 1.165) is 0 Å². The lowest BCUT2D eigenvalue weighted by Crippen LogP contribution is -2.13. The highest BCUT2D eigenvalue weighted by molar-refractivity contribution is 5.93. The smallest absolute Gasteiger partial charge is 0.354 e. The summed E-state index contributed by atoms with van der Waals surface area (Å²) in [5.74, 6) is -0.466. The Hall–Kier alpha value is -1.70. The van der Waals surface area contributed by atoms with Crippen molar-refractivity contribution in [1.82, 2.24) is 5.32 Å².